The number of carbonyl (C=O) groups excluding carboxylic acids is 2. The number of ketones is 2. The Morgan fingerprint density at radius 2 is 1.03 bits per heavy atom. The molecule has 0 aliphatic heterocycles. The minimum atomic E-state index is -0.252. The first-order valence-electron chi connectivity index (χ1n) is 11.8. The largest absolute Gasteiger partial charge is 0.489 e. The third-order valence-electron chi connectivity index (χ3n) is 5.66. The lowest BCUT2D eigenvalue weighted by atomic mass is 10.0. The van der Waals surface area contributed by atoms with E-state index >= 15 is 0 Å². The molecule has 30 heavy (non-hydrogen) atoms. The van der Waals surface area contributed by atoms with Crippen molar-refractivity contribution in [3.8, 4) is 0 Å². The molecule has 1 rings (SSSR count). The van der Waals surface area contributed by atoms with E-state index in [1.165, 1.54) is 109 Å². The van der Waals surface area contributed by atoms with Crippen LogP contribution in [0.2, 0.25) is 0 Å². The zero-order valence-corrected chi connectivity index (χ0v) is 20.5. The average Bonchev–Trinajstić information content (AvgIpc) is 2.75. The number of rotatable bonds is 18. The van der Waals surface area contributed by atoms with Gasteiger partial charge in [0.05, 0.1) is 19.1 Å². The van der Waals surface area contributed by atoms with Gasteiger partial charge in [0, 0.05) is 5.57 Å². The Balaban J connectivity index is 2.09. The second kappa shape index (κ2) is 16.5. The average molecular weight is 439 g/mol. The van der Waals surface area contributed by atoms with Gasteiger partial charge in [0.15, 0.2) is 0 Å². The van der Waals surface area contributed by atoms with Crippen LogP contribution in [0, 0.1) is 0 Å². The summed E-state index contributed by atoms with van der Waals surface area (Å²) < 4.78 is 10.2. The van der Waals surface area contributed by atoms with Crippen LogP contribution in [-0.2, 0) is 19.1 Å². The van der Waals surface area contributed by atoms with Crippen molar-refractivity contribution in [2.24, 2.45) is 0 Å². The standard InChI is InChI=1S/C25H42O4S/c1-5-6-7-8-9-10-11-12-13-14-15-16-17-18-19-30-25-20(2)21(26)23(28-3)24(29-4)22(25)27/h5-19H2,1-4H3. The first kappa shape index (κ1) is 26.8. The number of thioether (sulfide) groups is 1. The van der Waals surface area contributed by atoms with Crippen molar-refractivity contribution in [1.29, 1.82) is 0 Å². The van der Waals surface area contributed by atoms with E-state index in [1.54, 1.807) is 6.92 Å². The summed E-state index contributed by atoms with van der Waals surface area (Å²) in [6.45, 7) is 3.96. The second-order valence-electron chi connectivity index (χ2n) is 8.12. The fourth-order valence-corrected chi connectivity index (χ4v) is 4.85. The second-order valence-corrected chi connectivity index (χ2v) is 9.23. The van der Waals surface area contributed by atoms with Crippen LogP contribution in [0.1, 0.15) is 104 Å². The highest BCUT2D eigenvalue weighted by Crippen LogP contribution is 2.33. The number of Topliss-reactive ketones (excluding diaryl/α,β-unsaturated/α-hetero) is 2. The molecule has 0 saturated heterocycles. The van der Waals surface area contributed by atoms with Gasteiger partial charge in [-0.3, -0.25) is 9.59 Å². The topological polar surface area (TPSA) is 52.6 Å². The molecule has 0 spiro atoms. The molecule has 0 unspecified atom stereocenters. The highest BCUT2D eigenvalue weighted by Gasteiger charge is 2.34. The lowest BCUT2D eigenvalue weighted by molar-refractivity contribution is -0.120. The zero-order valence-electron chi connectivity index (χ0n) is 19.6. The molecule has 0 fully saturated rings. The van der Waals surface area contributed by atoms with Crippen molar-refractivity contribution in [2.75, 3.05) is 20.0 Å². The molecule has 1 aliphatic carbocycles. The summed E-state index contributed by atoms with van der Waals surface area (Å²) in [5.41, 5.74) is 0.466. The molecule has 1 aliphatic rings. The molecule has 0 heterocycles. The van der Waals surface area contributed by atoms with Crippen molar-refractivity contribution < 1.29 is 19.1 Å². The molecule has 0 atom stereocenters. The lowest BCUT2D eigenvalue weighted by Crippen LogP contribution is -2.24. The summed E-state index contributed by atoms with van der Waals surface area (Å²) in [5.74, 6) is 0.403. The van der Waals surface area contributed by atoms with Crippen molar-refractivity contribution in [3.63, 3.8) is 0 Å². The van der Waals surface area contributed by atoms with Gasteiger partial charge >= 0.3 is 0 Å². The number of hydrogen-bond donors (Lipinski definition) is 0. The molecular weight excluding hydrogens is 396 g/mol. The van der Waals surface area contributed by atoms with E-state index in [9.17, 15) is 9.59 Å². The van der Waals surface area contributed by atoms with Crippen molar-refractivity contribution in [2.45, 2.75) is 104 Å². The van der Waals surface area contributed by atoms with E-state index in [0.717, 1.165) is 12.2 Å². The third-order valence-corrected chi connectivity index (χ3v) is 6.93. The van der Waals surface area contributed by atoms with Crippen LogP contribution >= 0.6 is 11.8 Å². The molecule has 172 valence electrons. The Bertz CT molecular complexity index is 592. The maximum Gasteiger partial charge on any atom is 0.238 e. The minimum absolute atomic E-state index is 0.0147. The van der Waals surface area contributed by atoms with E-state index in [-0.39, 0.29) is 23.1 Å². The SMILES string of the molecule is CCCCCCCCCCCCCCCCSC1=C(C)C(=O)C(OC)=C(OC)C1=O. The molecule has 0 aromatic heterocycles. The van der Waals surface area contributed by atoms with Crippen molar-refractivity contribution >= 4 is 23.3 Å². The molecule has 5 heteroatoms. The minimum Gasteiger partial charge on any atom is -0.489 e. The van der Waals surface area contributed by atoms with Crippen LogP contribution in [0.15, 0.2) is 22.0 Å². The monoisotopic (exact) mass is 438 g/mol. The van der Waals surface area contributed by atoms with Gasteiger partial charge in [-0.2, -0.15) is 0 Å². The molecule has 0 radical (unpaired) electrons. The number of ether oxygens (including phenoxy) is 2. The Labute approximate surface area is 188 Å². The number of allylic oxidation sites excluding steroid dienone is 2. The maximum atomic E-state index is 12.6. The smallest absolute Gasteiger partial charge is 0.238 e. The van der Waals surface area contributed by atoms with Crippen molar-refractivity contribution in [3.05, 3.63) is 22.0 Å². The Morgan fingerprint density at radius 1 is 0.633 bits per heavy atom. The van der Waals surface area contributed by atoms with Gasteiger partial charge < -0.3 is 9.47 Å². The highest BCUT2D eigenvalue weighted by atomic mass is 32.2. The summed E-state index contributed by atoms with van der Waals surface area (Å²) in [6.07, 6.45) is 18.6. The fraction of sp³-hybridized carbons (Fsp3) is 0.760. The molecule has 0 aromatic rings. The normalized spacial score (nSPS) is 14.7. The third kappa shape index (κ3) is 9.28. The highest BCUT2D eigenvalue weighted by molar-refractivity contribution is 8.04. The van der Waals surface area contributed by atoms with Crippen LogP contribution in [0.25, 0.3) is 0 Å². The molecule has 0 saturated carbocycles. The Hall–Kier alpha value is -1.23. The summed E-state index contributed by atoms with van der Waals surface area (Å²) in [4.78, 5) is 25.4. The van der Waals surface area contributed by atoms with Crippen LogP contribution in [0.5, 0.6) is 0 Å². The molecule has 4 nitrogen and oxygen atoms in total. The van der Waals surface area contributed by atoms with Gasteiger partial charge in [0.25, 0.3) is 0 Å². The first-order chi connectivity index (χ1) is 14.6. The van der Waals surface area contributed by atoms with E-state index in [0.29, 0.717) is 10.5 Å². The quantitative estimate of drug-likeness (QED) is 0.168. The van der Waals surface area contributed by atoms with Gasteiger partial charge in [0.1, 0.15) is 0 Å². The van der Waals surface area contributed by atoms with Crippen LogP contribution < -0.4 is 0 Å². The molecule has 0 bridgehead atoms. The Morgan fingerprint density at radius 3 is 1.47 bits per heavy atom. The predicted molar refractivity (Wildman–Crippen MR) is 127 cm³/mol. The number of methoxy groups -OCH3 is 2. The predicted octanol–water partition coefficient (Wildman–Crippen LogP) is 7.13. The first-order valence-corrected chi connectivity index (χ1v) is 12.8. The van der Waals surface area contributed by atoms with E-state index in [2.05, 4.69) is 6.92 Å². The number of hydrogen-bond acceptors (Lipinski definition) is 5. The zero-order chi connectivity index (χ0) is 22.2. The number of unbranched alkanes of at least 4 members (excludes halogenated alkanes) is 13. The van der Waals surface area contributed by atoms with Crippen LogP contribution in [0.4, 0.5) is 0 Å². The van der Waals surface area contributed by atoms with Crippen LogP contribution in [0.3, 0.4) is 0 Å². The summed E-state index contributed by atoms with van der Waals surface area (Å²) >= 11 is 1.47. The van der Waals surface area contributed by atoms with E-state index in [1.807, 2.05) is 0 Å². The molecular formula is C25H42O4S. The van der Waals surface area contributed by atoms with Gasteiger partial charge in [-0.1, -0.05) is 90.4 Å². The summed E-state index contributed by atoms with van der Waals surface area (Å²) in [6, 6.07) is 0. The van der Waals surface area contributed by atoms with Crippen LogP contribution in [-0.4, -0.2) is 31.5 Å². The van der Waals surface area contributed by atoms with Gasteiger partial charge in [-0.15, -0.1) is 11.8 Å². The Kier molecular flexibility index (Phi) is 14.7. The summed E-state index contributed by atoms with van der Waals surface area (Å²) in [5, 5.41) is 0. The van der Waals surface area contributed by atoms with Gasteiger partial charge in [-0.25, -0.2) is 0 Å². The molecule has 0 N–H and O–H groups in total. The van der Waals surface area contributed by atoms with Gasteiger partial charge in [0.2, 0.25) is 23.1 Å². The van der Waals surface area contributed by atoms with Crippen molar-refractivity contribution in [1.82, 2.24) is 0 Å². The van der Waals surface area contributed by atoms with E-state index < -0.39 is 0 Å². The fourth-order valence-electron chi connectivity index (χ4n) is 3.77. The summed E-state index contributed by atoms with van der Waals surface area (Å²) in [7, 11) is 2.79. The van der Waals surface area contributed by atoms with E-state index in [4.69, 9.17) is 9.47 Å². The molecule has 0 aromatic carbocycles. The van der Waals surface area contributed by atoms with Gasteiger partial charge in [-0.05, 0) is 19.1 Å². The molecule has 0 amide bonds. The number of carbonyl (C=O) groups is 2. The maximum absolute atomic E-state index is 12.6. The lowest BCUT2D eigenvalue weighted by Gasteiger charge is -2.19.